The summed E-state index contributed by atoms with van der Waals surface area (Å²) in [7, 11) is -0.652. The Labute approximate surface area is 256 Å². The lowest BCUT2D eigenvalue weighted by atomic mass is 9.89. The third kappa shape index (κ3) is 9.77. The molecular weight excluding hydrogens is 588 g/mol. The van der Waals surface area contributed by atoms with Crippen molar-refractivity contribution >= 4 is 39.9 Å². The predicted octanol–water partition coefficient (Wildman–Crippen LogP) is 3.29. The van der Waals surface area contributed by atoms with E-state index in [1.54, 1.807) is 50.5 Å². The first-order valence-corrected chi connectivity index (χ1v) is 15.8. The number of nitrogens with two attached hydrogens (primary N) is 1. The minimum atomic E-state index is -3.80. The Hall–Kier alpha value is -4.50. The molecule has 0 aliphatic heterocycles. The molecule has 0 bridgehead atoms. The summed E-state index contributed by atoms with van der Waals surface area (Å²) in [6.45, 7) is 0.953. The lowest BCUT2D eigenvalue weighted by molar-refractivity contribution is -0.137. The number of carbonyl (C=O) groups excluding carboxylic acids is 1. The van der Waals surface area contributed by atoms with E-state index in [1.165, 1.54) is 36.3 Å². The molecule has 1 aliphatic rings. The van der Waals surface area contributed by atoms with Crippen LogP contribution >= 0.6 is 0 Å². The summed E-state index contributed by atoms with van der Waals surface area (Å²) in [5.41, 5.74) is 1.45. The van der Waals surface area contributed by atoms with Gasteiger partial charge in [-0.2, -0.15) is 15.0 Å². The van der Waals surface area contributed by atoms with Gasteiger partial charge in [-0.3, -0.25) is 0 Å². The van der Waals surface area contributed by atoms with Gasteiger partial charge in [0.2, 0.25) is 27.9 Å². The largest absolute Gasteiger partial charge is 0.480 e. The first-order chi connectivity index (χ1) is 21.0. The smallest absolute Gasteiger partial charge is 0.414 e. The van der Waals surface area contributed by atoms with Gasteiger partial charge in [0.05, 0.1) is 4.90 Å². The Kier molecular flexibility index (Phi) is 10.9. The number of hydrogen-bond donors (Lipinski definition) is 5. The van der Waals surface area contributed by atoms with Crippen LogP contribution in [0.1, 0.15) is 43.2 Å². The van der Waals surface area contributed by atoms with E-state index in [0.717, 1.165) is 18.4 Å². The molecule has 1 heterocycles. The number of benzene rings is 2. The van der Waals surface area contributed by atoms with Crippen molar-refractivity contribution in [2.45, 2.75) is 56.0 Å². The van der Waals surface area contributed by atoms with Crippen LogP contribution in [-0.2, 0) is 27.8 Å². The Morgan fingerprint density at radius 2 is 1.52 bits per heavy atom. The number of carbonyl (C=O) groups is 2. The number of aromatic nitrogens is 3. The molecule has 1 amide bonds. The van der Waals surface area contributed by atoms with Gasteiger partial charge >= 0.3 is 12.1 Å². The fourth-order valence-corrected chi connectivity index (χ4v) is 5.20. The molecule has 236 valence electrons. The maximum atomic E-state index is 12.2. The summed E-state index contributed by atoms with van der Waals surface area (Å²) in [5, 5.41) is 24.5. The molecule has 0 radical (unpaired) electrons. The van der Waals surface area contributed by atoms with Crippen LogP contribution in [0.5, 0.6) is 5.75 Å². The summed E-state index contributed by atoms with van der Waals surface area (Å²) < 4.78 is 28.4. The van der Waals surface area contributed by atoms with Crippen LogP contribution in [0.4, 0.5) is 22.6 Å². The van der Waals surface area contributed by atoms with Gasteiger partial charge in [-0.15, -0.1) is 0 Å². The van der Waals surface area contributed by atoms with E-state index in [-0.39, 0.29) is 29.8 Å². The van der Waals surface area contributed by atoms with Crippen molar-refractivity contribution in [3.05, 3.63) is 59.7 Å². The number of nitrogens with zero attached hydrogens (tertiary/aromatic N) is 4. The SMILES string of the molecule is CN(C)C(=O)Oc1ccc(C[C@H](Nc2nc(NCc3ccc(S(N)(=O)=O)cc3)nc(NCC3CCCCC3)n2)C(=O)O)cc1. The van der Waals surface area contributed by atoms with Crippen molar-refractivity contribution in [2.24, 2.45) is 11.1 Å². The van der Waals surface area contributed by atoms with Crippen molar-refractivity contribution in [2.75, 3.05) is 36.6 Å². The zero-order chi connectivity index (χ0) is 31.7. The molecule has 2 aromatic carbocycles. The number of primary sulfonamides is 1. The Morgan fingerprint density at radius 3 is 2.11 bits per heavy atom. The Balaban J connectivity index is 1.49. The van der Waals surface area contributed by atoms with Gasteiger partial charge in [-0.25, -0.2) is 23.1 Å². The first-order valence-electron chi connectivity index (χ1n) is 14.3. The van der Waals surface area contributed by atoms with Crippen LogP contribution in [0.2, 0.25) is 0 Å². The summed E-state index contributed by atoms with van der Waals surface area (Å²) in [6.07, 6.45) is 5.44. The summed E-state index contributed by atoms with van der Waals surface area (Å²) in [5.74, 6) is 0.319. The topological polar surface area (TPSA) is 202 Å². The number of nitrogens with one attached hydrogen (secondary N) is 3. The quantitative estimate of drug-likeness (QED) is 0.186. The zero-order valence-corrected chi connectivity index (χ0v) is 25.5. The van der Waals surface area contributed by atoms with Crippen molar-refractivity contribution in [3.63, 3.8) is 0 Å². The molecule has 1 aromatic heterocycles. The van der Waals surface area contributed by atoms with Crippen LogP contribution < -0.4 is 25.8 Å². The number of rotatable bonds is 13. The minimum Gasteiger partial charge on any atom is -0.480 e. The molecule has 3 aromatic rings. The predicted molar refractivity (Wildman–Crippen MR) is 165 cm³/mol. The van der Waals surface area contributed by atoms with Crippen molar-refractivity contribution in [1.82, 2.24) is 19.9 Å². The van der Waals surface area contributed by atoms with Crippen molar-refractivity contribution < 1.29 is 27.9 Å². The highest BCUT2D eigenvalue weighted by Gasteiger charge is 2.21. The van der Waals surface area contributed by atoms with Gasteiger partial charge in [0.1, 0.15) is 11.8 Å². The molecule has 1 saturated carbocycles. The number of carboxylic acid groups (broad SMARTS) is 1. The molecule has 6 N–H and O–H groups in total. The molecular formula is C29H38N8O6S. The molecule has 1 fully saturated rings. The van der Waals surface area contributed by atoms with E-state index in [9.17, 15) is 23.1 Å². The summed E-state index contributed by atoms with van der Waals surface area (Å²) in [6, 6.07) is 11.6. The van der Waals surface area contributed by atoms with Crippen molar-refractivity contribution in [3.8, 4) is 5.75 Å². The second kappa shape index (κ2) is 14.8. The lowest BCUT2D eigenvalue weighted by Gasteiger charge is -2.22. The van der Waals surface area contributed by atoms with Crippen LogP contribution in [0, 0.1) is 5.92 Å². The van der Waals surface area contributed by atoms with Crippen LogP contribution in [0.3, 0.4) is 0 Å². The average Bonchev–Trinajstić information content (AvgIpc) is 2.99. The number of ether oxygens (including phenoxy) is 1. The van der Waals surface area contributed by atoms with Gasteiger partial charge in [0.25, 0.3) is 0 Å². The normalized spacial score (nSPS) is 14.3. The molecule has 15 heteroatoms. The van der Waals surface area contributed by atoms with Gasteiger partial charge < -0.3 is 30.7 Å². The fourth-order valence-electron chi connectivity index (χ4n) is 4.68. The molecule has 0 unspecified atom stereocenters. The van der Waals surface area contributed by atoms with E-state index in [1.807, 2.05) is 0 Å². The molecule has 14 nitrogen and oxygen atoms in total. The average molecular weight is 627 g/mol. The van der Waals surface area contributed by atoms with E-state index in [2.05, 4.69) is 30.9 Å². The first kappa shape index (κ1) is 32.4. The highest BCUT2D eigenvalue weighted by Crippen LogP contribution is 2.24. The van der Waals surface area contributed by atoms with Crippen LogP contribution in [0.25, 0.3) is 0 Å². The Bertz CT molecular complexity index is 1530. The summed E-state index contributed by atoms with van der Waals surface area (Å²) in [4.78, 5) is 38.6. The summed E-state index contributed by atoms with van der Waals surface area (Å²) >= 11 is 0. The van der Waals surface area contributed by atoms with Gasteiger partial charge in [0, 0.05) is 33.6 Å². The van der Waals surface area contributed by atoms with Crippen molar-refractivity contribution in [1.29, 1.82) is 0 Å². The van der Waals surface area contributed by atoms with Gasteiger partial charge in [-0.1, -0.05) is 43.5 Å². The number of sulfonamides is 1. The Morgan fingerprint density at radius 1 is 0.932 bits per heavy atom. The number of carboxylic acids is 1. The molecule has 0 spiro atoms. The van der Waals surface area contributed by atoms with Crippen LogP contribution in [-0.4, -0.2) is 72.1 Å². The maximum Gasteiger partial charge on any atom is 0.414 e. The van der Waals surface area contributed by atoms with E-state index in [4.69, 9.17) is 9.88 Å². The van der Waals surface area contributed by atoms with E-state index >= 15 is 0 Å². The third-order valence-electron chi connectivity index (χ3n) is 7.15. The van der Waals surface area contributed by atoms with Gasteiger partial charge in [-0.05, 0) is 54.2 Å². The molecule has 1 aliphatic carbocycles. The number of anilines is 3. The number of aliphatic carboxylic acids is 1. The second-order valence-electron chi connectivity index (χ2n) is 10.9. The third-order valence-corrected chi connectivity index (χ3v) is 8.08. The molecule has 4 rings (SSSR count). The lowest BCUT2D eigenvalue weighted by Crippen LogP contribution is -2.32. The highest BCUT2D eigenvalue weighted by atomic mass is 32.2. The fraction of sp³-hybridized carbons (Fsp3) is 0.414. The van der Waals surface area contributed by atoms with Crippen LogP contribution in [0.15, 0.2) is 53.4 Å². The van der Waals surface area contributed by atoms with E-state index in [0.29, 0.717) is 29.7 Å². The highest BCUT2D eigenvalue weighted by molar-refractivity contribution is 7.89. The zero-order valence-electron chi connectivity index (χ0n) is 24.7. The molecule has 44 heavy (non-hydrogen) atoms. The minimum absolute atomic E-state index is 0.00558. The number of hydrogen-bond acceptors (Lipinski definition) is 11. The second-order valence-corrected chi connectivity index (χ2v) is 12.4. The molecule has 1 atom stereocenters. The van der Waals surface area contributed by atoms with E-state index < -0.39 is 28.1 Å². The maximum absolute atomic E-state index is 12.2. The number of amides is 1. The van der Waals surface area contributed by atoms with Gasteiger partial charge in [0.15, 0.2) is 0 Å². The molecule has 0 saturated heterocycles. The monoisotopic (exact) mass is 626 g/mol. The standard InChI is InChI=1S/C29H38N8O6S/c1-37(2)29(40)43-22-12-8-19(9-13-22)16-24(25(38)39)33-28-35-26(31-17-20-6-4-3-5-7-20)34-27(36-28)32-18-21-10-14-23(15-11-21)44(30,41)42/h8-15,20,24H,3-7,16-18H2,1-2H3,(H,38,39)(H2,30,41,42)(H3,31,32,33,34,35,36)/t24-/m0/s1.